The number of hydrogen-bond donors (Lipinski definition) is 1. The average Bonchev–Trinajstić information content (AvgIpc) is 2.74. The molecule has 4 heteroatoms. The van der Waals surface area contributed by atoms with Crippen LogP contribution in [0.25, 0.3) is 0 Å². The van der Waals surface area contributed by atoms with Gasteiger partial charge >= 0.3 is 0 Å². The standard InChI is InChI=1S/C14H27N3S/c1-5-8-15-9-6-7-12(2)17(4)10-14-13(3)16-11-18-14/h11-12,15H,5-10H2,1-4H3. The summed E-state index contributed by atoms with van der Waals surface area (Å²) >= 11 is 1.77. The Labute approximate surface area is 116 Å². The third-order valence-electron chi connectivity index (χ3n) is 3.39. The van der Waals surface area contributed by atoms with Crippen LogP contribution in [-0.2, 0) is 6.54 Å². The lowest BCUT2D eigenvalue weighted by Gasteiger charge is -2.24. The quantitative estimate of drug-likeness (QED) is 0.698. The Balaban J connectivity index is 2.20. The van der Waals surface area contributed by atoms with Gasteiger partial charge in [0.05, 0.1) is 11.2 Å². The van der Waals surface area contributed by atoms with Gasteiger partial charge in [0.15, 0.2) is 0 Å². The second-order valence-corrected chi connectivity index (χ2v) is 5.96. The van der Waals surface area contributed by atoms with Crippen LogP contribution < -0.4 is 5.32 Å². The largest absolute Gasteiger partial charge is 0.317 e. The Morgan fingerprint density at radius 3 is 2.83 bits per heavy atom. The molecular weight excluding hydrogens is 242 g/mol. The van der Waals surface area contributed by atoms with Gasteiger partial charge in [-0.05, 0) is 53.2 Å². The van der Waals surface area contributed by atoms with Crippen molar-refractivity contribution in [2.75, 3.05) is 20.1 Å². The molecule has 1 unspecified atom stereocenters. The van der Waals surface area contributed by atoms with Gasteiger partial charge in [-0.15, -0.1) is 11.3 Å². The molecule has 1 aromatic heterocycles. The van der Waals surface area contributed by atoms with E-state index in [2.05, 4.69) is 43.0 Å². The minimum atomic E-state index is 0.634. The first-order chi connectivity index (χ1) is 8.65. The summed E-state index contributed by atoms with van der Waals surface area (Å²) in [4.78, 5) is 8.13. The minimum Gasteiger partial charge on any atom is -0.317 e. The number of aromatic nitrogens is 1. The number of nitrogens with one attached hydrogen (secondary N) is 1. The second-order valence-electron chi connectivity index (χ2n) is 5.02. The highest BCUT2D eigenvalue weighted by Crippen LogP contribution is 2.16. The zero-order valence-corrected chi connectivity index (χ0v) is 13.0. The molecule has 0 saturated heterocycles. The monoisotopic (exact) mass is 269 g/mol. The van der Waals surface area contributed by atoms with Gasteiger partial charge in [-0.3, -0.25) is 4.90 Å². The lowest BCUT2D eigenvalue weighted by atomic mass is 10.1. The number of nitrogens with zero attached hydrogens (tertiary/aromatic N) is 2. The third-order valence-corrected chi connectivity index (χ3v) is 4.31. The summed E-state index contributed by atoms with van der Waals surface area (Å²) in [6, 6.07) is 0.634. The van der Waals surface area contributed by atoms with Crippen molar-refractivity contribution in [2.45, 2.75) is 52.6 Å². The van der Waals surface area contributed by atoms with Gasteiger partial charge in [0.1, 0.15) is 0 Å². The molecular formula is C14H27N3S. The predicted octanol–water partition coefficient (Wildman–Crippen LogP) is 3.05. The molecule has 0 radical (unpaired) electrons. The first-order valence-electron chi connectivity index (χ1n) is 6.95. The molecule has 1 aromatic rings. The van der Waals surface area contributed by atoms with Crippen molar-refractivity contribution >= 4 is 11.3 Å². The molecule has 0 bridgehead atoms. The molecule has 0 aliphatic rings. The van der Waals surface area contributed by atoms with E-state index in [0.29, 0.717) is 6.04 Å². The summed E-state index contributed by atoms with van der Waals surface area (Å²) in [6.45, 7) is 9.94. The normalized spacial score (nSPS) is 13.2. The highest BCUT2D eigenvalue weighted by Gasteiger charge is 2.11. The fourth-order valence-electron chi connectivity index (χ4n) is 1.90. The second kappa shape index (κ2) is 8.62. The van der Waals surface area contributed by atoms with Crippen molar-refractivity contribution in [3.05, 3.63) is 16.1 Å². The summed E-state index contributed by atoms with van der Waals surface area (Å²) in [7, 11) is 2.21. The van der Waals surface area contributed by atoms with Crippen LogP contribution in [0.4, 0.5) is 0 Å². The van der Waals surface area contributed by atoms with Crippen molar-refractivity contribution in [3.8, 4) is 0 Å². The highest BCUT2D eigenvalue weighted by molar-refractivity contribution is 7.09. The summed E-state index contributed by atoms with van der Waals surface area (Å²) in [6.07, 6.45) is 3.73. The van der Waals surface area contributed by atoms with Gasteiger partial charge in [0.25, 0.3) is 0 Å². The van der Waals surface area contributed by atoms with Crippen LogP contribution in [0.1, 0.15) is 43.7 Å². The topological polar surface area (TPSA) is 28.2 Å². The molecule has 0 aliphatic carbocycles. The summed E-state index contributed by atoms with van der Waals surface area (Å²) in [5.41, 5.74) is 3.13. The van der Waals surface area contributed by atoms with Crippen LogP contribution >= 0.6 is 11.3 Å². The van der Waals surface area contributed by atoms with Crippen LogP contribution in [0, 0.1) is 6.92 Å². The molecule has 1 heterocycles. The number of aryl methyl sites for hydroxylation is 1. The van der Waals surface area contributed by atoms with Gasteiger partial charge in [-0.25, -0.2) is 4.98 Å². The smallest absolute Gasteiger partial charge is 0.0798 e. The highest BCUT2D eigenvalue weighted by atomic mass is 32.1. The molecule has 3 nitrogen and oxygen atoms in total. The Morgan fingerprint density at radius 2 is 2.22 bits per heavy atom. The predicted molar refractivity (Wildman–Crippen MR) is 80.2 cm³/mol. The average molecular weight is 269 g/mol. The first kappa shape index (κ1) is 15.6. The van der Waals surface area contributed by atoms with Crippen LogP contribution in [0.2, 0.25) is 0 Å². The molecule has 18 heavy (non-hydrogen) atoms. The molecule has 0 amide bonds. The van der Waals surface area contributed by atoms with Gasteiger partial charge in [0, 0.05) is 17.5 Å². The van der Waals surface area contributed by atoms with E-state index in [1.165, 1.54) is 29.8 Å². The zero-order valence-electron chi connectivity index (χ0n) is 12.2. The van der Waals surface area contributed by atoms with Crippen molar-refractivity contribution in [2.24, 2.45) is 0 Å². The van der Waals surface area contributed by atoms with Gasteiger partial charge < -0.3 is 5.32 Å². The van der Waals surface area contributed by atoms with E-state index in [4.69, 9.17) is 0 Å². The lowest BCUT2D eigenvalue weighted by molar-refractivity contribution is 0.236. The molecule has 104 valence electrons. The number of rotatable bonds is 9. The molecule has 0 aliphatic heterocycles. The first-order valence-corrected chi connectivity index (χ1v) is 7.83. The maximum Gasteiger partial charge on any atom is 0.0798 e. The van der Waals surface area contributed by atoms with Crippen LogP contribution in [0.15, 0.2) is 5.51 Å². The van der Waals surface area contributed by atoms with Crippen LogP contribution in [0.5, 0.6) is 0 Å². The third kappa shape index (κ3) is 5.46. The molecule has 0 aromatic carbocycles. The van der Waals surface area contributed by atoms with E-state index in [1.807, 2.05) is 5.51 Å². The van der Waals surface area contributed by atoms with Crippen molar-refractivity contribution in [1.82, 2.24) is 15.2 Å². The Kier molecular flexibility index (Phi) is 7.47. The molecule has 1 rings (SSSR count). The SMILES string of the molecule is CCCNCCCC(C)N(C)Cc1scnc1C. The van der Waals surface area contributed by atoms with E-state index >= 15 is 0 Å². The number of thiazole rings is 1. The van der Waals surface area contributed by atoms with Gasteiger partial charge in [0.2, 0.25) is 0 Å². The maximum absolute atomic E-state index is 4.31. The van der Waals surface area contributed by atoms with E-state index in [1.54, 1.807) is 11.3 Å². The Morgan fingerprint density at radius 1 is 1.44 bits per heavy atom. The molecule has 1 atom stereocenters. The maximum atomic E-state index is 4.31. The fraction of sp³-hybridized carbons (Fsp3) is 0.786. The van der Waals surface area contributed by atoms with Crippen molar-refractivity contribution in [3.63, 3.8) is 0 Å². The van der Waals surface area contributed by atoms with Gasteiger partial charge in [-0.2, -0.15) is 0 Å². The molecule has 0 fully saturated rings. The Bertz CT molecular complexity index is 325. The van der Waals surface area contributed by atoms with E-state index < -0.39 is 0 Å². The van der Waals surface area contributed by atoms with Gasteiger partial charge in [-0.1, -0.05) is 6.92 Å². The molecule has 0 spiro atoms. The van der Waals surface area contributed by atoms with Crippen molar-refractivity contribution in [1.29, 1.82) is 0 Å². The zero-order chi connectivity index (χ0) is 13.4. The van der Waals surface area contributed by atoms with Crippen LogP contribution in [0.3, 0.4) is 0 Å². The molecule has 1 N–H and O–H groups in total. The number of hydrogen-bond acceptors (Lipinski definition) is 4. The fourth-order valence-corrected chi connectivity index (χ4v) is 2.74. The minimum absolute atomic E-state index is 0.634. The Hall–Kier alpha value is -0.450. The summed E-state index contributed by atoms with van der Waals surface area (Å²) in [5.74, 6) is 0. The van der Waals surface area contributed by atoms with Crippen LogP contribution in [-0.4, -0.2) is 36.1 Å². The summed E-state index contributed by atoms with van der Waals surface area (Å²) < 4.78 is 0. The molecule has 0 saturated carbocycles. The van der Waals surface area contributed by atoms with E-state index in [-0.39, 0.29) is 0 Å². The van der Waals surface area contributed by atoms with E-state index in [9.17, 15) is 0 Å². The van der Waals surface area contributed by atoms with Crippen molar-refractivity contribution < 1.29 is 0 Å². The lowest BCUT2D eigenvalue weighted by Crippen LogP contribution is -2.29. The summed E-state index contributed by atoms with van der Waals surface area (Å²) in [5, 5.41) is 3.46. The van der Waals surface area contributed by atoms with E-state index in [0.717, 1.165) is 19.6 Å².